The minimum atomic E-state index is -3.06. The molecular weight excluding hydrogens is 252 g/mol. The molecule has 1 amide bonds. The minimum Gasteiger partial charge on any atom is -0.340 e. The quantitative estimate of drug-likeness (QED) is 0.779. The molecule has 104 valence electrons. The second-order valence-corrected chi connectivity index (χ2v) is 8.63. The molecule has 0 spiro atoms. The Hall–Kier alpha value is -0.620. The lowest BCUT2D eigenvalue weighted by atomic mass is 10.1. The molecule has 0 saturated carbocycles. The standard InChI is InChI=1S/C12H22N2O3S/c1-12(2)9-14(6-7-18(12,16)17)11(15)8-10-4-3-5-13-10/h10,13H,3-9H2,1-2H3. The first-order valence-corrected chi connectivity index (χ1v) is 8.20. The largest absolute Gasteiger partial charge is 0.340 e. The molecule has 6 heteroatoms. The van der Waals surface area contributed by atoms with Crippen molar-refractivity contribution in [2.75, 3.05) is 25.4 Å². The van der Waals surface area contributed by atoms with Crippen LogP contribution in [0.2, 0.25) is 0 Å². The number of carbonyl (C=O) groups excluding carboxylic acids is 1. The van der Waals surface area contributed by atoms with Crippen LogP contribution in [0, 0.1) is 0 Å². The highest BCUT2D eigenvalue weighted by Crippen LogP contribution is 2.24. The van der Waals surface area contributed by atoms with Gasteiger partial charge in [0.15, 0.2) is 9.84 Å². The zero-order valence-corrected chi connectivity index (χ0v) is 11.9. The van der Waals surface area contributed by atoms with Crippen molar-refractivity contribution >= 4 is 15.7 Å². The molecule has 0 radical (unpaired) electrons. The monoisotopic (exact) mass is 274 g/mol. The molecule has 2 aliphatic heterocycles. The van der Waals surface area contributed by atoms with Crippen molar-refractivity contribution in [3.8, 4) is 0 Å². The minimum absolute atomic E-state index is 0.0809. The van der Waals surface area contributed by atoms with Crippen molar-refractivity contribution in [1.29, 1.82) is 0 Å². The number of nitrogens with one attached hydrogen (secondary N) is 1. The first-order chi connectivity index (χ1) is 8.32. The predicted molar refractivity (Wildman–Crippen MR) is 70.1 cm³/mol. The van der Waals surface area contributed by atoms with E-state index >= 15 is 0 Å². The third kappa shape index (κ3) is 2.69. The predicted octanol–water partition coefficient (Wildman–Crippen LogP) is 0.164. The van der Waals surface area contributed by atoms with E-state index in [1.165, 1.54) is 0 Å². The van der Waals surface area contributed by atoms with E-state index in [9.17, 15) is 13.2 Å². The average molecular weight is 274 g/mol. The maximum Gasteiger partial charge on any atom is 0.224 e. The van der Waals surface area contributed by atoms with Gasteiger partial charge < -0.3 is 10.2 Å². The molecule has 2 rings (SSSR count). The van der Waals surface area contributed by atoms with E-state index < -0.39 is 14.6 Å². The summed E-state index contributed by atoms with van der Waals surface area (Å²) in [6, 6.07) is 0.277. The van der Waals surface area contributed by atoms with Crippen molar-refractivity contribution in [2.45, 2.75) is 43.9 Å². The van der Waals surface area contributed by atoms with Crippen LogP contribution in [0.5, 0.6) is 0 Å². The van der Waals surface area contributed by atoms with Gasteiger partial charge in [0.25, 0.3) is 0 Å². The van der Waals surface area contributed by atoms with Crippen molar-refractivity contribution < 1.29 is 13.2 Å². The highest BCUT2D eigenvalue weighted by molar-refractivity contribution is 7.92. The summed E-state index contributed by atoms with van der Waals surface area (Å²) in [5.41, 5.74) is 0. The molecule has 2 heterocycles. The first-order valence-electron chi connectivity index (χ1n) is 6.55. The summed E-state index contributed by atoms with van der Waals surface area (Å²) in [6.45, 7) is 5.06. The normalized spacial score (nSPS) is 30.3. The molecule has 2 fully saturated rings. The third-order valence-corrected chi connectivity index (χ3v) is 6.51. The second kappa shape index (κ2) is 4.81. The van der Waals surface area contributed by atoms with Crippen LogP contribution >= 0.6 is 0 Å². The Morgan fingerprint density at radius 3 is 2.72 bits per heavy atom. The maximum absolute atomic E-state index is 12.1. The number of hydrogen-bond donors (Lipinski definition) is 1. The Bertz CT molecular complexity index is 425. The Labute approximate surface area is 109 Å². The van der Waals surface area contributed by atoms with Gasteiger partial charge in [-0.25, -0.2) is 8.42 Å². The second-order valence-electron chi connectivity index (χ2n) is 5.89. The topological polar surface area (TPSA) is 66.5 Å². The van der Waals surface area contributed by atoms with Gasteiger partial charge >= 0.3 is 0 Å². The zero-order valence-electron chi connectivity index (χ0n) is 11.1. The van der Waals surface area contributed by atoms with Gasteiger partial charge in [0, 0.05) is 25.6 Å². The van der Waals surface area contributed by atoms with E-state index in [-0.39, 0.29) is 17.7 Å². The molecule has 5 nitrogen and oxygen atoms in total. The molecule has 18 heavy (non-hydrogen) atoms. The number of amides is 1. The summed E-state index contributed by atoms with van der Waals surface area (Å²) in [5, 5.41) is 3.30. The van der Waals surface area contributed by atoms with Crippen LogP contribution in [0.4, 0.5) is 0 Å². The van der Waals surface area contributed by atoms with Gasteiger partial charge in [-0.15, -0.1) is 0 Å². The van der Waals surface area contributed by atoms with E-state index in [0.29, 0.717) is 19.5 Å². The fourth-order valence-corrected chi connectivity index (χ4v) is 3.99. The number of hydrogen-bond acceptors (Lipinski definition) is 4. The van der Waals surface area contributed by atoms with Gasteiger partial charge in [-0.2, -0.15) is 0 Å². The molecule has 0 bridgehead atoms. The highest BCUT2D eigenvalue weighted by atomic mass is 32.2. The molecule has 0 aromatic rings. The number of carbonyl (C=O) groups is 1. The summed E-state index contributed by atoms with van der Waals surface area (Å²) < 4.78 is 22.9. The third-order valence-electron chi connectivity index (χ3n) is 3.98. The Balaban J connectivity index is 1.96. The fourth-order valence-electron chi connectivity index (χ4n) is 2.63. The van der Waals surface area contributed by atoms with Crippen LogP contribution in [0.25, 0.3) is 0 Å². The summed E-state index contributed by atoms with van der Waals surface area (Å²) in [6.07, 6.45) is 2.66. The van der Waals surface area contributed by atoms with Gasteiger partial charge in [0.1, 0.15) is 0 Å². The lowest BCUT2D eigenvalue weighted by molar-refractivity contribution is -0.132. The van der Waals surface area contributed by atoms with Crippen LogP contribution in [-0.4, -0.2) is 55.4 Å². The molecule has 0 aromatic carbocycles. The fraction of sp³-hybridized carbons (Fsp3) is 0.917. The number of nitrogens with zero attached hydrogens (tertiary/aromatic N) is 1. The average Bonchev–Trinajstić information content (AvgIpc) is 2.74. The molecule has 2 saturated heterocycles. The van der Waals surface area contributed by atoms with E-state index in [2.05, 4.69) is 5.32 Å². The number of sulfone groups is 1. The van der Waals surface area contributed by atoms with Gasteiger partial charge in [-0.1, -0.05) is 0 Å². The number of rotatable bonds is 2. The lowest BCUT2D eigenvalue weighted by Gasteiger charge is -2.38. The SMILES string of the molecule is CC1(C)CN(C(=O)CC2CCCN2)CCS1(=O)=O. The van der Waals surface area contributed by atoms with Gasteiger partial charge in [0.05, 0.1) is 10.5 Å². The molecule has 1 atom stereocenters. The van der Waals surface area contributed by atoms with Crippen molar-refractivity contribution in [1.82, 2.24) is 10.2 Å². The van der Waals surface area contributed by atoms with Crippen molar-refractivity contribution in [2.24, 2.45) is 0 Å². The van der Waals surface area contributed by atoms with Crippen LogP contribution in [0.3, 0.4) is 0 Å². The van der Waals surface area contributed by atoms with Crippen molar-refractivity contribution in [3.05, 3.63) is 0 Å². The van der Waals surface area contributed by atoms with Crippen LogP contribution in [0.1, 0.15) is 33.1 Å². The summed E-state index contributed by atoms with van der Waals surface area (Å²) in [5.74, 6) is 0.168. The Kier molecular flexibility index (Phi) is 3.69. The van der Waals surface area contributed by atoms with Crippen LogP contribution in [-0.2, 0) is 14.6 Å². The summed E-state index contributed by atoms with van der Waals surface area (Å²) in [4.78, 5) is 13.9. The molecule has 1 N–H and O–H groups in total. The molecular formula is C12H22N2O3S. The molecule has 1 unspecified atom stereocenters. The summed E-state index contributed by atoms with van der Waals surface area (Å²) in [7, 11) is -3.06. The zero-order chi connectivity index (χ0) is 13.4. The Morgan fingerprint density at radius 2 is 2.17 bits per heavy atom. The molecule has 0 aromatic heterocycles. The molecule has 0 aliphatic carbocycles. The van der Waals surface area contributed by atoms with E-state index in [1.807, 2.05) is 0 Å². The van der Waals surface area contributed by atoms with Gasteiger partial charge in [-0.05, 0) is 33.2 Å². The van der Waals surface area contributed by atoms with E-state index in [4.69, 9.17) is 0 Å². The van der Waals surface area contributed by atoms with E-state index in [0.717, 1.165) is 19.4 Å². The van der Waals surface area contributed by atoms with E-state index in [1.54, 1.807) is 18.7 Å². The van der Waals surface area contributed by atoms with Crippen molar-refractivity contribution in [3.63, 3.8) is 0 Å². The summed E-state index contributed by atoms with van der Waals surface area (Å²) >= 11 is 0. The van der Waals surface area contributed by atoms with Gasteiger partial charge in [-0.3, -0.25) is 4.79 Å². The van der Waals surface area contributed by atoms with Crippen LogP contribution < -0.4 is 5.32 Å². The first kappa shape index (κ1) is 13.8. The maximum atomic E-state index is 12.1. The highest BCUT2D eigenvalue weighted by Gasteiger charge is 2.41. The Morgan fingerprint density at radius 1 is 1.44 bits per heavy atom. The van der Waals surface area contributed by atoms with Crippen LogP contribution in [0.15, 0.2) is 0 Å². The lowest BCUT2D eigenvalue weighted by Crippen LogP contribution is -2.55. The van der Waals surface area contributed by atoms with Gasteiger partial charge in [0.2, 0.25) is 5.91 Å². The molecule has 2 aliphatic rings. The smallest absolute Gasteiger partial charge is 0.224 e.